The van der Waals surface area contributed by atoms with Gasteiger partial charge in [-0.3, -0.25) is 0 Å². The molecule has 18 aromatic rings. The second-order valence-corrected chi connectivity index (χ2v) is 43.5. The third-order valence-electron chi connectivity index (χ3n) is 25.1. The van der Waals surface area contributed by atoms with Gasteiger partial charge in [-0.2, -0.15) is 0 Å². The first-order valence-electron chi connectivity index (χ1n) is 45.4. The summed E-state index contributed by atoms with van der Waals surface area (Å²) in [5.41, 5.74) is 29.1. The second-order valence-electron chi connectivity index (χ2n) is 43.5. The van der Waals surface area contributed by atoms with Gasteiger partial charge in [-0.25, -0.2) is 15.0 Å². The molecule has 690 valence electrons. The number of hydrogen-bond acceptors (Lipinski definition) is 9. The Kier molecular flexibility index (Phi) is 27.8. The summed E-state index contributed by atoms with van der Waals surface area (Å²) < 4.78 is 6.68. The number of phenols is 3. The van der Waals surface area contributed by atoms with Gasteiger partial charge in [0.05, 0.1) is 33.6 Å². The van der Waals surface area contributed by atoms with Crippen LogP contribution in [0.1, 0.15) is 222 Å². The zero-order valence-electron chi connectivity index (χ0n) is 81.5. The van der Waals surface area contributed by atoms with Gasteiger partial charge in [-0.05, 0) is 240 Å². The Morgan fingerprint density at radius 2 is 0.564 bits per heavy atom. The second kappa shape index (κ2) is 37.2. The fourth-order valence-corrected chi connectivity index (χ4v) is 17.2. The molecule has 0 bridgehead atoms. The topological polar surface area (TPSA) is 153 Å². The molecule has 0 radical (unpaired) electrons. The third kappa shape index (κ3) is 20.3. The van der Waals surface area contributed by atoms with Crippen molar-refractivity contribution in [2.24, 2.45) is 0 Å². The minimum Gasteiger partial charge on any atom is -0.507 e. The number of fused-ring (bicyclic) bond motifs is 9. The van der Waals surface area contributed by atoms with Crippen LogP contribution in [0.3, 0.4) is 0 Å². The average molecular weight is 2300 g/mol. The number of aromatic hydroxyl groups is 3. The quantitative estimate of drug-likeness (QED) is 0.120. The summed E-state index contributed by atoms with van der Waals surface area (Å²) in [6.45, 7) is 57.4. The van der Waals surface area contributed by atoms with Crippen molar-refractivity contribution in [2.75, 3.05) is 0 Å². The standard InChI is InChI=1S/C44H50N3O.C38H38N3O.C36H34N3O.3Pt/c1-41(2,3)28-16-19-38-33(24-28)32-17-18-37(34-25-30(43(7,8)9)26-35(39(34)48)44(10,11)12)46-40(32)47(38)31-22-27(36-15-13-14-20-45-36)21-29(23-31)42(4,5)6;1-23-17-24(2)35(42)31(18-23)33-14-13-29-30-22-26(37(3,4)5)12-15-34(30)41(36(29)40-33)28-20-25(32-11-9-10-16-39-32)19-27(21-28)38(6,7)8;1-35(2,3)24-14-17-32-29(22-24)27-15-16-31(28-11-7-8-13-33(28)40)38-34(27)39(32)26-20-23(30-12-9-10-18-37-30)19-25(21-26)36(4,5)6;;;/h13-21,23-26,48H,1-12H3;9-19,21-22,42H,1-8H3;7-19,21-22,40H,1-6H3;;;/q3*-1;;;. The molecule has 0 aliphatic rings. The number of nitrogens with zero attached hydrogens (tertiary/aromatic N) is 9. The number of benzene rings is 9. The molecule has 3 N–H and O–H groups in total. The molecule has 0 amide bonds. The van der Waals surface area contributed by atoms with Gasteiger partial charge in [0.15, 0.2) is 0 Å². The van der Waals surface area contributed by atoms with Crippen LogP contribution >= 0.6 is 0 Å². The molecule has 9 heterocycles. The molecule has 133 heavy (non-hydrogen) atoms. The van der Waals surface area contributed by atoms with Crippen molar-refractivity contribution >= 4 is 65.8 Å². The molecule has 0 aliphatic heterocycles. The number of phenolic OH excluding ortho intramolecular Hbond substituents is 3. The molecule has 15 heteroatoms. The minimum atomic E-state index is -0.243. The summed E-state index contributed by atoms with van der Waals surface area (Å²) in [6, 6.07) is 90.8. The average Bonchev–Trinajstić information content (AvgIpc) is 1.59. The van der Waals surface area contributed by atoms with E-state index in [0.717, 1.165) is 162 Å². The SMILES string of the molecule is CC(C)(C)c1cc(-c2ccccn2)[c-]c(-n2c3ccc(C(C)(C)C)cc3c3ccc(-c4cc(C(C)(C)C)cc(C(C)(C)C)c4O)nc32)c1.CC(C)(C)c1cc(-c2ccccn2)[c-]c(-n2c3ccc(C(C)(C)C)cc3c3ccc(-c4ccccc4O)nc32)c1.Cc1cc(C)c(O)c(-c2ccc3c4cc(C(C)(C)C)ccc4n(-c4[c-]c(-c5ccccn5)cc(C(C)(C)C)c4)c3n2)c1.[Pt].[Pt].[Pt]. The first kappa shape index (κ1) is 99.2. The first-order chi connectivity index (χ1) is 61.0. The maximum atomic E-state index is 11.8. The zero-order chi connectivity index (χ0) is 93.2. The molecule has 0 fully saturated rings. The Hall–Kier alpha value is -11.3. The summed E-state index contributed by atoms with van der Waals surface area (Å²) in [5.74, 6) is 0.772. The van der Waals surface area contributed by atoms with E-state index in [1.165, 1.54) is 38.9 Å². The van der Waals surface area contributed by atoms with Crippen LogP contribution in [0.25, 0.3) is 150 Å². The van der Waals surface area contributed by atoms with E-state index in [2.05, 4.69) is 335 Å². The van der Waals surface area contributed by atoms with E-state index in [0.29, 0.717) is 11.3 Å². The van der Waals surface area contributed by atoms with Crippen LogP contribution < -0.4 is 0 Å². The van der Waals surface area contributed by atoms with Gasteiger partial charge >= 0.3 is 0 Å². The van der Waals surface area contributed by atoms with Crippen LogP contribution in [0.15, 0.2) is 249 Å². The predicted octanol–water partition coefficient (Wildman–Crippen LogP) is 30.2. The number of aryl methyl sites for hydroxylation is 2. The van der Waals surface area contributed by atoms with E-state index in [1.54, 1.807) is 6.07 Å². The summed E-state index contributed by atoms with van der Waals surface area (Å²) >= 11 is 0. The molecule has 9 aromatic carbocycles. The normalized spacial score (nSPS) is 12.3. The molecule has 9 aromatic heterocycles. The summed E-state index contributed by atoms with van der Waals surface area (Å²) in [7, 11) is 0. The van der Waals surface area contributed by atoms with Crippen LogP contribution in [-0.4, -0.2) is 58.9 Å². The van der Waals surface area contributed by atoms with E-state index >= 15 is 0 Å². The third-order valence-corrected chi connectivity index (χ3v) is 25.1. The Balaban J connectivity index is 0.000000168. The van der Waals surface area contributed by atoms with Gasteiger partial charge in [0.1, 0.15) is 34.2 Å². The van der Waals surface area contributed by atoms with Crippen LogP contribution in [-0.2, 0) is 107 Å². The minimum absolute atomic E-state index is 0. The van der Waals surface area contributed by atoms with E-state index in [-0.39, 0.29) is 118 Å². The van der Waals surface area contributed by atoms with E-state index in [9.17, 15) is 15.3 Å². The number of rotatable bonds is 9. The molecular weight excluding hydrogens is 2180 g/mol. The molecular formula is C118H122N9O3Pt3-3. The maximum Gasteiger partial charge on any atom is 0.144 e. The largest absolute Gasteiger partial charge is 0.507 e. The molecule has 0 unspecified atom stereocenters. The van der Waals surface area contributed by atoms with E-state index in [4.69, 9.17) is 19.9 Å². The van der Waals surface area contributed by atoms with Crippen LogP contribution in [0.2, 0.25) is 0 Å². The molecule has 0 aliphatic carbocycles. The molecule has 0 saturated carbocycles. The van der Waals surface area contributed by atoms with Gasteiger partial charge in [0.2, 0.25) is 0 Å². The Morgan fingerprint density at radius 1 is 0.256 bits per heavy atom. The Morgan fingerprint density at radius 3 is 0.872 bits per heavy atom. The number of aromatic nitrogens is 9. The fraction of sp³-hybridized carbons (Fsp3) is 0.288. The summed E-state index contributed by atoms with van der Waals surface area (Å²) in [5, 5.41) is 40.1. The van der Waals surface area contributed by atoms with Gasteiger partial charge in [-0.15, -0.1) is 88.0 Å². The van der Waals surface area contributed by atoms with Crippen molar-refractivity contribution in [1.82, 2.24) is 43.6 Å². The maximum absolute atomic E-state index is 11.8. The fourth-order valence-electron chi connectivity index (χ4n) is 17.2. The number of hydrogen-bond donors (Lipinski definition) is 3. The number of para-hydroxylation sites is 1. The van der Waals surface area contributed by atoms with E-state index < -0.39 is 0 Å². The van der Waals surface area contributed by atoms with Crippen molar-refractivity contribution in [2.45, 2.75) is 223 Å². The smallest absolute Gasteiger partial charge is 0.144 e. The van der Waals surface area contributed by atoms with Crippen LogP contribution in [0, 0.1) is 32.0 Å². The van der Waals surface area contributed by atoms with Crippen molar-refractivity contribution in [3.63, 3.8) is 0 Å². The Bertz CT molecular complexity index is 7420. The Labute approximate surface area is 829 Å². The summed E-state index contributed by atoms with van der Waals surface area (Å²) in [6.07, 6.45) is 5.48. The predicted molar refractivity (Wildman–Crippen MR) is 542 cm³/mol. The number of pyridine rings is 6. The summed E-state index contributed by atoms with van der Waals surface area (Å²) in [4.78, 5) is 29.8. The molecule has 0 spiro atoms. The van der Waals surface area contributed by atoms with Gasteiger partial charge < -0.3 is 44.0 Å². The van der Waals surface area contributed by atoms with Crippen LogP contribution in [0.5, 0.6) is 17.2 Å². The van der Waals surface area contributed by atoms with Crippen LogP contribution in [0.4, 0.5) is 0 Å². The first-order valence-corrected chi connectivity index (χ1v) is 45.4. The monoisotopic (exact) mass is 2300 g/mol. The van der Waals surface area contributed by atoms with Crippen molar-refractivity contribution in [3.05, 3.63) is 323 Å². The van der Waals surface area contributed by atoms with Crippen molar-refractivity contribution in [1.29, 1.82) is 0 Å². The zero-order valence-corrected chi connectivity index (χ0v) is 88.3. The van der Waals surface area contributed by atoms with Gasteiger partial charge in [0.25, 0.3) is 0 Å². The molecule has 18 rings (SSSR count). The molecule has 12 nitrogen and oxygen atoms in total. The molecule has 0 saturated heterocycles. The van der Waals surface area contributed by atoms with Gasteiger partial charge in [-0.1, -0.05) is 245 Å². The van der Waals surface area contributed by atoms with Crippen molar-refractivity contribution in [3.8, 4) is 102 Å². The molecule has 0 atom stereocenters. The van der Waals surface area contributed by atoms with Gasteiger partial charge in [0, 0.05) is 136 Å². The van der Waals surface area contributed by atoms with E-state index in [1.807, 2.05) is 129 Å². The van der Waals surface area contributed by atoms with Crippen molar-refractivity contribution < 1.29 is 78.5 Å².